The minimum Gasteiger partial charge on any atom is -0.298 e. The Kier molecular flexibility index (Phi) is 7.04. The monoisotopic (exact) mass is 486 g/mol. The molecule has 10 heteroatoms. The van der Waals surface area contributed by atoms with Gasteiger partial charge in [0.15, 0.2) is 12.6 Å². The Bertz CT molecular complexity index is 1520. The molecule has 33 heavy (non-hydrogen) atoms. The molecule has 2 N–H and O–H groups in total. The standard InChI is InChI=1S/C12H10O7S2.C11H8O/c13-7-11-9-4-2-1-3-8(9)5-6-10(11)12(20(14,15)16)21(17,18)19;12-8-10-6-3-5-9-4-1-2-7-11(9)10/h1-7,12H,(H,14,15,16)(H,17,18,19);1-8H. The maximum Gasteiger partial charge on any atom is 0.289 e. The van der Waals surface area contributed by atoms with Crippen LogP contribution in [-0.4, -0.2) is 38.5 Å². The molecule has 0 atom stereocenters. The van der Waals surface area contributed by atoms with Gasteiger partial charge in [-0.05, 0) is 21.5 Å². The molecule has 170 valence electrons. The van der Waals surface area contributed by atoms with Crippen LogP contribution >= 0.6 is 0 Å². The zero-order valence-corrected chi connectivity index (χ0v) is 18.5. The van der Waals surface area contributed by atoms with Gasteiger partial charge in [-0.15, -0.1) is 0 Å². The molecule has 4 aromatic rings. The van der Waals surface area contributed by atoms with Gasteiger partial charge in [-0.1, -0.05) is 78.9 Å². The van der Waals surface area contributed by atoms with Crippen molar-refractivity contribution in [2.45, 2.75) is 4.58 Å². The number of fused-ring (bicyclic) bond motifs is 2. The number of hydrogen-bond acceptors (Lipinski definition) is 6. The van der Waals surface area contributed by atoms with E-state index in [1.807, 2.05) is 42.5 Å². The smallest absolute Gasteiger partial charge is 0.289 e. The molecule has 4 rings (SSSR count). The zero-order chi connectivity index (χ0) is 24.2. The summed E-state index contributed by atoms with van der Waals surface area (Å²) in [5.74, 6) is 0. The van der Waals surface area contributed by atoms with Crippen LogP contribution < -0.4 is 0 Å². The average molecular weight is 487 g/mol. The largest absolute Gasteiger partial charge is 0.298 e. The van der Waals surface area contributed by atoms with Crippen LogP contribution in [0.5, 0.6) is 0 Å². The van der Waals surface area contributed by atoms with E-state index in [-0.39, 0.29) is 11.8 Å². The van der Waals surface area contributed by atoms with Gasteiger partial charge in [-0.3, -0.25) is 18.7 Å². The summed E-state index contributed by atoms with van der Waals surface area (Å²) in [6.45, 7) is 0. The van der Waals surface area contributed by atoms with E-state index >= 15 is 0 Å². The third kappa shape index (κ3) is 5.32. The number of aldehydes is 2. The maximum atomic E-state index is 11.3. The molecule has 0 aromatic heterocycles. The molecule has 0 saturated heterocycles. The van der Waals surface area contributed by atoms with Crippen molar-refractivity contribution in [2.75, 3.05) is 0 Å². The molecule has 0 amide bonds. The molecule has 0 fully saturated rings. The predicted molar refractivity (Wildman–Crippen MR) is 125 cm³/mol. The summed E-state index contributed by atoms with van der Waals surface area (Å²) in [4.78, 5) is 21.9. The molecular formula is C23H18O8S2. The fourth-order valence-electron chi connectivity index (χ4n) is 3.48. The molecule has 0 aliphatic carbocycles. The van der Waals surface area contributed by atoms with Crippen molar-refractivity contribution in [2.24, 2.45) is 0 Å². The van der Waals surface area contributed by atoms with Gasteiger partial charge >= 0.3 is 0 Å². The number of carbonyl (C=O) groups is 2. The summed E-state index contributed by atoms with van der Waals surface area (Å²) in [5.41, 5.74) is 0.0233. The highest BCUT2D eigenvalue weighted by atomic mass is 32.3. The number of carbonyl (C=O) groups excluding carboxylic acids is 2. The van der Waals surface area contributed by atoms with Gasteiger partial charge in [0.25, 0.3) is 20.2 Å². The van der Waals surface area contributed by atoms with Gasteiger partial charge in [0.1, 0.15) is 0 Å². The van der Waals surface area contributed by atoms with E-state index in [1.54, 1.807) is 18.2 Å². The van der Waals surface area contributed by atoms with Crippen LogP contribution in [0.4, 0.5) is 0 Å². The van der Waals surface area contributed by atoms with Crippen LogP contribution in [0.1, 0.15) is 30.9 Å². The summed E-state index contributed by atoms with van der Waals surface area (Å²) >= 11 is 0. The van der Waals surface area contributed by atoms with E-state index < -0.39 is 30.4 Å². The zero-order valence-electron chi connectivity index (χ0n) is 16.9. The van der Waals surface area contributed by atoms with E-state index in [0.717, 1.165) is 28.7 Å². The van der Waals surface area contributed by atoms with Crippen molar-refractivity contribution in [3.8, 4) is 0 Å². The van der Waals surface area contributed by atoms with E-state index in [0.29, 0.717) is 10.8 Å². The lowest BCUT2D eigenvalue weighted by atomic mass is 10.0. The van der Waals surface area contributed by atoms with Gasteiger partial charge in [0.2, 0.25) is 4.58 Å². The maximum absolute atomic E-state index is 11.3. The fraction of sp³-hybridized carbons (Fsp3) is 0.0435. The van der Waals surface area contributed by atoms with Crippen LogP contribution in [0.3, 0.4) is 0 Å². The molecule has 0 saturated carbocycles. The van der Waals surface area contributed by atoms with Gasteiger partial charge in [-0.25, -0.2) is 0 Å². The van der Waals surface area contributed by atoms with E-state index in [2.05, 4.69) is 0 Å². The lowest BCUT2D eigenvalue weighted by Crippen LogP contribution is -2.22. The third-order valence-electron chi connectivity index (χ3n) is 4.87. The minimum atomic E-state index is -5.17. The predicted octanol–water partition coefficient (Wildman–Crippen LogP) is 4.08. The van der Waals surface area contributed by atoms with Gasteiger partial charge < -0.3 is 0 Å². The summed E-state index contributed by atoms with van der Waals surface area (Å²) in [5, 5.41) is 3.02. The lowest BCUT2D eigenvalue weighted by Gasteiger charge is -2.14. The molecular weight excluding hydrogens is 468 g/mol. The number of rotatable bonds is 5. The average Bonchev–Trinajstić information content (AvgIpc) is 2.77. The Morgan fingerprint density at radius 2 is 1.12 bits per heavy atom. The first-order chi connectivity index (χ1) is 15.6. The van der Waals surface area contributed by atoms with Crippen LogP contribution in [-0.2, 0) is 20.2 Å². The second-order valence-corrected chi connectivity index (χ2v) is 10.3. The third-order valence-corrected chi connectivity index (χ3v) is 7.92. The quantitative estimate of drug-likeness (QED) is 0.317. The van der Waals surface area contributed by atoms with Crippen LogP contribution in [0.2, 0.25) is 0 Å². The van der Waals surface area contributed by atoms with Crippen LogP contribution in [0.15, 0.2) is 78.9 Å². The Morgan fingerprint density at radius 3 is 1.67 bits per heavy atom. The lowest BCUT2D eigenvalue weighted by molar-refractivity contribution is 0.111. The van der Waals surface area contributed by atoms with Crippen molar-refractivity contribution >= 4 is 54.4 Å². The molecule has 0 unspecified atom stereocenters. The summed E-state index contributed by atoms with van der Waals surface area (Å²) in [6.07, 6.45) is 1.17. The van der Waals surface area contributed by atoms with Crippen molar-refractivity contribution < 1.29 is 35.5 Å². The SMILES string of the molecule is O=Cc1c(C(S(=O)(=O)O)S(=O)(=O)O)ccc2ccccc12.O=Cc1cccc2ccccc12. The Balaban J connectivity index is 0.000000215. The highest BCUT2D eigenvalue weighted by Gasteiger charge is 2.39. The van der Waals surface area contributed by atoms with Crippen LogP contribution in [0, 0.1) is 0 Å². The van der Waals surface area contributed by atoms with Crippen molar-refractivity contribution in [1.29, 1.82) is 0 Å². The molecule has 8 nitrogen and oxygen atoms in total. The molecule has 0 spiro atoms. The Labute approximate surface area is 190 Å². The minimum absolute atomic E-state index is 0.228. The van der Waals surface area contributed by atoms with Crippen molar-refractivity contribution in [3.63, 3.8) is 0 Å². The number of benzene rings is 4. The molecule has 0 bridgehead atoms. The molecule has 4 aromatic carbocycles. The van der Waals surface area contributed by atoms with E-state index in [4.69, 9.17) is 9.11 Å². The van der Waals surface area contributed by atoms with Crippen molar-refractivity contribution in [3.05, 3.63) is 95.6 Å². The van der Waals surface area contributed by atoms with Gasteiger partial charge in [0.05, 0.1) is 0 Å². The summed E-state index contributed by atoms with van der Waals surface area (Å²) < 4.78 is 60.7. The summed E-state index contributed by atoms with van der Waals surface area (Å²) in [7, 11) is -10.3. The molecule has 0 aliphatic rings. The molecule has 0 heterocycles. The first-order valence-electron chi connectivity index (χ1n) is 9.40. The topological polar surface area (TPSA) is 143 Å². The van der Waals surface area contributed by atoms with E-state index in [1.165, 1.54) is 12.1 Å². The van der Waals surface area contributed by atoms with Gasteiger partial charge in [0, 0.05) is 16.7 Å². The number of hydrogen-bond donors (Lipinski definition) is 2. The molecule has 0 radical (unpaired) electrons. The Morgan fingerprint density at radius 1 is 0.606 bits per heavy atom. The fourth-order valence-corrected chi connectivity index (χ4v) is 5.76. The van der Waals surface area contributed by atoms with Crippen LogP contribution in [0.25, 0.3) is 21.5 Å². The first kappa shape index (κ1) is 24.2. The first-order valence-corrected chi connectivity index (χ1v) is 12.4. The van der Waals surface area contributed by atoms with Crippen molar-refractivity contribution in [1.82, 2.24) is 0 Å². The second kappa shape index (κ2) is 9.59. The summed E-state index contributed by atoms with van der Waals surface area (Å²) in [6, 6.07) is 22.4. The normalized spacial score (nSPS) is 11.7. The second-order valence-electron chi connectivity index (χ2n) is 6.96. The molecule has 0 aliphatic heterocycles. The highest BCUT2D eigenvalue weighted by molar-refractivity contribution is 8.03. The Hall–Kier alpha value is -3.44. The highest BCUT2D eigenvalue weighted by Crippen LogP contribution is 2.32. The van der Waals surface area contributed by atoms with E-state index in [9.17, 15) is 26.4 Å². The van der Waals surface area contributed by atoms with Gasteiger partial charge in [-0.2, -0.15) is 16.8 Å².